The van der Waals surface area contributed by atoms with Crippen LogP contribution in [0.15, 0.2) is 42.5 Å². The Morgan fingerprint density at radius 3 is 2.76 bits per heavy atom. The van der Waals surface area contributed by atoms with E-state index in [4.69, 9.17) is 10.5 Å². The molecule has 2 N–H and O–H groups in total. The maximum absolute atomic E-state index is 5.86. The van der Waals surface area contributed by atoms with E-state index in [0.29, 0.717) is 6.61 Å². The Morgan fingerprint density at radius 1 is 1.14 bits per heavy atom. The molecule has 0 unspecified atom stereocenters. The third-order valence-corrected chi connectivity index (χ3v) is 3.45. The van der Waals surface area contributed by atoms with Crippen molar-refractivity contribution in [3.8, 4) is 11.4 Å². The number of hydrogen-bond donors (Lipinski definition) is 1. The van der Waals surface area contributed by atoms with E-state index in [2.05, 4.69) is 22.5 Å². The van der Waals surface area contributed by atoms with Crippen molar-refractivity contribution in [2.45, 2.75) is 20.3 Å². The van der Waals surface area contributed by atoms with E-state index in [9.17, 15) is 0 Å². The number of hydrogen-bond acceptors (Lipinski definition) is 3. The number of aryl methyl sites for hydroxylation is 1. The van der Waals surface area contributed by atoms with Gasteiger partial charge < -0.3 is 10.5 Å². The molecular formula is C17H19N3O. The van der Waals surface area contributed by atoms with Crippen molar-refractivity contribution in [1.82, 2.24) is 9.55 Å². The van der Waals surface area contributed by atoms with E-state index in [1.807, 2.05) is 43.3 Å². The number of nitrogens with two attached hydrogens (primary N) is 1. The molecule has 0 aliphatic carbocycles. The summed E-state index contributed by atoms with van der Waals surface area (Å²) in [5.74, 6) is 1.89. The molecule has 3 rings (SSSR count). The molecule has 4 heteroatoms. The fraction of sp³-hybridized carbons (Fsp3) is 0.235. The Kier molecular flexibility index (Phi) is 3.52. The molecule has 0 saturated carbocycles. The summed E-state index contributed by atoms with van der Waals surface area (Å²) in [6.45, 7) is 4.75. The fourth-order valence-electron chi connectivity index (χ4n) is 2.55. The summed E-state index contributed by atoms with van der Waals surface area (Å²) in [7, 11) is 0. The minimum absolute atomic E-state index is 0.658. The number of benzene rings is 2. The highest BCUT2D eigenvalue weighted by atomic mass is 16.5. The van der Waals surface area contributed by atoms with Crippen molar-refractivity contribution in [3.63, 3.8) is 0 Å². The van der Waals surface area contributed by atoms with Crippen molar-refractivity contribution in [2.75, 3.05) is 12.3 Å². The van der Waals surface area contributed by atoms with Crippen molar-refractivity contribution in [3.05, 3.63) is 48.3 Å². The van der Waals surface area contributed by atoms with Crippen molar-refractivity contribution >= 4 is 16.7 Å². The highest BCUT2D eigenvalue weighted by Crippen LogP contribution is 2.25. The lowest BCUT2D eigenvalue weighted by Gasteiger charge is -2.10. The standard InChI is InChI=1S/C17H19N3O/c1-3-17-19-15-10-12(18)8-9-16(15)20(17)13-6-5-7-14(11-13)21-4-2/h5-11H,3-4,18H2,1-2H3. The molecule has 0 bridgehead atoms. The summed E-state index contributed by atoms with van der Waals surface area (Å²) < 4.78 is 7.76. The summed E-state index contributed by atoms with van der Waals surface area (Å²) in [6, 6.07) is 13.9. The Hall–Kier alpha value is -2.49. The molecule has 108 valence electrons. The number of fused-ring (bicyclic) bond motifs is 1. The van der Waals surface area contributed by atoms with E-state index in [-0.39, 0.29) is 0 Å². The normalized spacial score (nSPS) is 11.0. The maximum Gasteiger partial charge on any atom is 0.121 e. The largest absolute Gasteiger partial charge is 0.494 e. The minimum Gasteiger partial charge on any atom is -0.494 e. The van der Waals surface area contributed by atoms with Crippen LogP contribution in [0.1, 0.15) is 19.7 Å². The zero-order chi connectivity index (χ0) is 14.8. The molecule has 0 spiro atoms. The molecule has 0 saturated heterocycles. The zero-order valence-corrected chi connectivity index (χ0v) is 12.3. The van der Waals surface area contributed by atoms with Crippen molar-refractivity contribution in [2.24, 2.45) is 0 Å². The molecule has 0 radical (unpaired) electrons. The maximum atomic E-state index is 5.86. The first kappa shape index (κ1) is 13.5. The lowest BCUT2D eigenvalue weighted by molar-refractivity contribution is 0.340. The fourth-order valence-corrected chi connectivity index (χ4v) is 2.55. The molecule has 2 aromatic carbocycles. The number of ether oxygens (including phenoxy) is 1. The number of nitrogen functional groups attached to an aromatic ring is 1. The average Bonchev–Trinajstić information content (AvgIpc) is 2.85. The SMILES string of the molecule is CCOc1cccc(-n2c(CC)nc3cc(N)ccc32)c1. The topological polar surface area (TPSA) is 53.1 Å². The van der Waals surface area contributed by atoms with Crippen LogP contribution in [0.25, 0.3) is 16.7 Å². The molecule has 1 aromatic heterocycles. The molecule has 0 atom stereocenters. The van der Waals surface area contributed by atoms with Gasteiger partial charge in [0.05, 0.1) is 23.3 Å². The predicted molar refractivity (Wildman–Crippen MR) is 86.0 cm³/mol. The second-order valence-electron chi connectivity index (χ2n) is 4.90. The van der Waals surface area contributed by atoms with E-state index in [1.54, 1.807) is 0 Å². The second-order valence-corrected chi connectivity index (χ2v) is 4.90. The first-order valence-electron chi connectivity index (χ1n) is 7.23. The Labute approximate surface area is 124 Å². The summed E-state index contributed by atoms with van der Waals surface area (Å²) in [4.78, 5) is 4.69. The predicted octanol–water partition coefficient (Wildman–Crippen LogP) is 3.57. The highest BCUT2D eigenvalue weighted by Gasteiger charge is 2.11. The molecule has 3 aromatic rings. The second kappa shape index (κ2) is 5.48. The number of aromatic nitrogens is 2. The minimum atomic E-state index is 0.658. The molecule has 1 heterocycles. The van der Waals surface area contributed by atoms with Gasteiger partial charge >= 0.3 is 0 Å². The zero-order valence-electron chi connectivity index (χ0n) is 12.3. The molecule has 0 fully saturated rings. The van der Waals surface area contributed by atoms with Crippen LogP contribution in [0.3, 0.4) is 0 Å². The number of anilines is 1. The lowest BCUT2D eigenvalue weighted by atomic mass is 10.2. The van der Waals surface area contributed by atoms with E-state index < -0.39 is 0 Å². The van der Waals surface area contributed by atoms with Gasteiger partial charge in [0, 0.05) is 18.2 Å². The summed E-state index contributed by atoms with van der Waals surface area (Å²) in [6.07, 6.45) is 0.855. The molecule has 0 aliphatic rings. The van der Waals surface area contributed by atoms with Crippen LogP contribution in [0.4, 0.5) is 5.69 Å². The molecule has 21 heavy (non-hydrogen) atoms. The van der Waals surface area contributed by atoms with Gasteiger partial charge in [-0.05, 0) is 37.3 Å². The van der Waals surface area contributed by atoms with Gasteiger partial charge in [-0.25, -0.2) is 4.98 Å². The van der Waals surface area contributed by atoms with Crippen LogP contribution in [-0.4, -0.2) is 16.2 Å². The average molecular weight is 281 g/mol. The quantitative estimate of drug-likeness (QED) is 0.744. The monoisotopic (exact) mass is 281 g/mol. The molecule has 0 amide bonds. The highest BCUT2D eigenvalue weighted by molar-refractivity contribution is 5.81. The van der Waals surface area contributed by atoms with E-state index >= 15 is 0 Å². The molecule has 4 nitrogen and oxygen atoms in total. The van der Waals surface area contributed by atoms with Gasteiger partial charge in [-0.2, -0.15) is 0 Å². The van der Waals surface area contributed by atoms with Gasteiger partial charge in [0.25, 0.3) is 0 Å². The summed E-state index contributed by atoms with van der Waals surface area (Å²) >= 11 is 0. The molecular weight excluding hydrogens is 262 g/mol. The third-order valence-electron chi connectivity index (χ3n) is 3.45. The van der Waals surface area contributed by atoms with Crippen LogP contribution in [0.2, 0.25) is 0 Å². The lowest BCUT2D eigenvalue weighted by Crippen LogP contribution is -2.01. The van der Waals surface area contributed by atoms with Crippen LogP contribution in [0.5, 0.6) is 5.75 Å². The molecule has 0 aliphatic heterocycles. The van der Waals surface area contributed by atoms with Crippen molar-refractivity contribution in [1.29, 1.82) is 0 Å². The summed E-state index contributed by atoms with van der Waals surface area (Å²) in [5.41, 5.74) is 9.64. The first-order chi connectivity index (χ1) is 10.2. The van der Waals surface area contributed by atoms with Crippen molar-refractivity contribution < 1.29 is 4.74 Å². The number of nitrogens with zero attached hydrogens (tertiary/aromatic N) is 2. The summed E-state index contributed by atoms with van der Waals surface area (Å²) in [5, 5.41) is 0. The smallest absolute Gasteiger partial charge is 0.121 e. The number of rotatable bonds is 4. The Bertz CT molecular complexity index is 777. The number of imidazole rings is 1. The van der Waals surface area contributed by atoms with Gasteiger partial charge in [0.1, 0.15) is 11.6 Å². The van der Waals surface area contributed by atoms with E-state index in [1.165, 1.54) is 0 Å². The van der Waals surface area contributed by atoms with Crippen LogP contribution in [-0.2, 0) is 6.42 Å². The first-order valence-corrected chi connectivity index (χ1v) is 7.23. The van der Waals surface area contributed by atoms with Gasteiger partial charge in [-0.15, -0.1) is 0 Å². The van der Waals surface area contributed by atoms with Gasteiger partial charge in [-0.3, -0.25) is 4.57 Å². The van der Waals surface area contributed by atoms with Crippen LogP contribution < -0.4 is 10.5 Å². The Balaban J connectivity index is 2.20. The van der Waals surface area contributed by atoms with Crippen LogP contribution in [0, 0.1) is 0 Å². The third kappa shape index (κ3) is 2.44. The van der Waals surface area contributed by atoms with Gasteiger partial charge in [0.15, 0.2) is 0 Å². The van der Waals surface area contributed by atoms with Gasteiger partial charge in [0.2, 0.25) is 0 Å². The van der Waals surface area contributed by atoms with Gasteiger partial charge in [-0.1, -0.05) is 13.0 Å². The van der Waals surface area contributed by atoms with E-state index in [0.717, 1.165) is 40.4 Å². The van der Waals surface area contributed by atoms with Crippen LogP contribution >= 0.6 is 0 Å². The Morgan fingerprint density at radius 2 is 2.00 bits per heavy atom.